The van der Waals surface area contributed by atoms with Gasteiger partial charge in [-0.2, -0.15) is 5.26 Å². The Hall–Kier alpha value is -2.67. The molecular formula is C19H17FN2O. The number of likely N-dealkylation sites (tertiary alicyclic amines) is 1. The summed E-state index contributed by atoms with van der Waals surface area (Å²) >= 11 is 0. The highest BCUT2D eigenvalue weighted by Crippen LogP contribution is 2.32. The number of nitriles is 1. The predicted molar refractivity (Wildman–Crippen MR) is 85.2 cm³/mol. The van der Waals surface area contributed by atoms with Crippen molar-refractivity contribution in [3.63, 3.8) is 0 Å². The summed E-state index contributed by atoms with van der Waals surface area (Å²) in [7, 11) is 0. The highest BCUT2D eigenvalue weighted by molar-refractivity contribution is 5.94. The second-order valence-corrected chi connectivity index (χ2v) is 5.75. The zero-order valence-electron chi connectivity index (χ0n) is 12.7. The number of amides is 1. The maximum absolute atomic E-state index is 13.1. The lowest BCUT2D eigenvalue weighted by molar-refractivity contribution is 0.0611. The first kappa shape index (κ1) is 15.2. The molecule has 1 aliphatic heterocycles. The van der Waals surface area contributed by atoms with Crippen LogP contribution in [0.5, 0.6) is 0 Å². The lowest BCUT2D eigenvalue weighted by Crippen LogP contribution is -2.38. The molecule has 2 aromatic carbocycles. The summed E-state index contributed by atoms with van der Waals surface area (Å²) in [5, 5.41) is 8.85. The van der Waals surface area contributed by atoms with E-state index in [1.807, 2.05) is 4.90 Å². The molecule has 1 fully saturated rings. The number of halogens is 1. The molecule has 1 atom stereocenters. The first-order valence-electron chi connectivity index (χ1n) is 7.75. The third-order valence-corrected chi connectivity index (χ3v) is 4.28. The van der Waals surface area contributed by atoms with Crippen LogP contribution in [0.3, 0.4) is 0 Å². The Morgan fingerprint density at radius 3 is 2.43 bits per heavy atom. The summed E-state index contributed by atoms with van der Waals surface area (Å²) in [5.41, 5.74) is 2.08. The minimum absolute atomic E-state index is 0.0208. The molecule has 3 rings (SSSR count). The maximum Gasteiger partial charge on any atom is 0.254 e. The smallest absolute Gasteiger partial charge is 0.254 e. The van der Waals surface area contributed by atoms with Gasteiger partial charge in [0.1, 0.15) is 5.82 Å². The van der Waals surface area contributed by atoms with E-state index in [4.69, 9.17) is 5.26 Å². The molecule has 1 saturated heterocycles. The van der Waals surface area contributed by atoms with Crippen LogP contribution in [-0.4, -0.2) is 17.4 Å². The van der Waals surface area contributed by atoms with Crippen LogP contribution < -0.4 is 0 Å². The number of rotatable bonds is 2. The molecule has 0 unspecified atom stereocenters. The van der Waals surface area contributed by atoms with Crippen molar-refractivity contribution in [3.8, 4) is 6.07 Å². The number of hydrogen-bond donors (Lipinski definition) is 0. The number of hydrogen-bond acceptors (Lipinski definition) is 2. The van der Waals surface area contributed by atoms with Crippen molar-refractivity contribution in [3.05, 3.63) is 71.0 Å². The standard InChI is InChI=1S/C19H17FN2O/c20-17-10-8-15(9-11-17)18-3-1-2-12-22(18)19(23)16-6-4-14(13-21)5-7-16/h4-11,18H,1-3,12H2/t18-/m1/s1. The fraction of sp³-hybridized carbons (Fsp3) is 0.263. The summed E-state index contributed by atoms with van der Waals surface area (Å²) in [6, 6.07) is 15.1. The highest BCUT2D eigenvalue weighted by atomic mass is 19.1. The predicted octanol–water partition coefficient (Wildman–Crippen LogP) is 4.06. The maximum atomic E-state index is 13.1. The van der Waals surface area contributed by atoms with Crippen molar-refractivity contribution >= 4 is 5.91 Å². The summed E-state index contributed by atoms with van der Waals surface area (Å²) in [5.74, 6) is -0.307. The molecule has 0 spiro atoms. The second kappa shape index (κ2) is 6.62. The van der Waals surface area contributed by atoms with E-state index in [1.165, 1.54) is 12.1 Å². The average Bonchev–Trinajstić information content (AvgIpc) is 2.62. The first-order valence-corrected chi connectivity index (χ1v) is 7.75. The van der Waals surface area contributed by atoms with Crippen LogP contribution in [0.25, 0.3) is 0 Å². The minimum Gasteiger partial charge on any atom is -0.332 e. The molecule has 23 heavy (non-hydrogen) atoms. The molecule has 4 heteroatoms. The third-order valence-electron chi connectivity index (χ3n) is 4.28. The lowest BCUT2D eigenvalue weighted by Gasteiger charge is -2.36. The van der Waals surface area contributed by atoms with E-state index in [0.29, 0.717) is 17.7 Å². The zero-order chi connectivity index (χ0) is 16.2. The zero-order valence-corrected chi connectivity index (χ0v) is 12.7. The van der Waals surface area contributed by atoms with Crippen LogP contribution in [0.4, 0.5) is 4.39 Å². The van der Waals surface area contributed by atoms with Gasteiger partial charge >= 0.3 is 0 Å². The molecule has 0 aromatic heterocycles. The molecular weight excluding hydrogens is 291 g/mol. The number of piperidine rings is 1. The largest absolute Gasteiger partial charge is 0.332 e. The summed E-state index contributed by atoms with van der Waals surface area (Å²) in [6.07, 6.45) is 2.91. The van der Waals surface area contributed by atoms with E-state index in [-0.39, 0.29) is 17.8 Å². The molecule has 3 nitrogen and oxygen atoms in total. The van der Waals surface area contributed by atoms with E-state index in [1.54, 1.807) is 36.4 Å². The van der Waals surface area contributed by atoms with Gasteiger partial charge in [-0.1, -0.05) is 12.1 Å². The number of nitrogens with zero attached hydrogens (tertiary/aromatic N) is 2. The van der Waals surface area contributed by atoms with Gasteiger partial charge in [-0.25, -0.2) is 4.39 Å². The fourth-order valence-electron chi connectivity index (χ4n) is 3.06. The van der Waals surface area contributed by atoms with Crippen molar-refractivity contribution < 1.29 is 9.18 Å². The molecule has 0 N–H and O–H groups in total. The normalized spacial score (nSPS) is 17.6. The van der Waals surface area contributed by atoms with Crippen molar-refractivity contribution in [1.82, 2.24) is 4.90 Å². The van der Waals surface area contributed by atoms with Gasteiger partial charge < -0.3 is 4.90 Å². The molecule has 0 radical (unpaired) electrons. The lowest BCUT2D eigenvalue weighted by atomic mass is 9.94. The van der Waals surface area contributed by atoms with Gasteiger partial charge in [-0.05, 0) is 61.2 Å². The SMILES string of the molecule is N#Cc1ccc(C(=O)N2CCCC[C@@H]2c2ccc(F)cc2)cc1. The molecule has 0 aliphatic carbocycles. The molecule has 0 bridgehead atoms. The Morgan fingerprint density at radius 1 is 1.09 bits per heavy atom. The van der Waals surface area contributed by atoms with Crippen molar-refractivity contribution in [2.45, 2.75) is 25.3 Å². The molecule has 0 saturated carbocycles. The molecule has 2 aromatic rings. The Bertz CT molecular complexity index is 731. The van der Waals surface area contributed by atoms with Crippen LogP contribution in [0.2, 0.25) is 0 Å². The molecule has 116 valence electrons. The van der Waals surface area contributed by atoms with Gasteiger partial charge in [-0.15, -0.1) is 0 Å². The molecule has 1 amide bonds. The Labute approximate surface area is 135 Å². The van der Waals surface area contributed by atoms with Crippen LogP contribution in [0.1, 0.15) is 46.8 Å². The Balaban J connectivity index is 1.86. The second-order valence-electron chi connectivity index (χ2n) is 5.75. The van der Waals surface area contributed by atoms with Gasteiger partial charge in [0, 0.05) is 12.1 Å². The van der Waals surface area contributed by atoms with Gasteiger partial charge in [0.2, 0.25) is 0 Å². The summed E-state index contributed by atoms with van der Waals surface area (Å²) < 4.78 is 13.1. The quantitative estimate of drug-likeness (QED) is 0.839. The van der Waals surface area contributed by atoms with Crippen molar-refractivity contribution in [1.29, 1.82) is 5.26 Å². The van der Waals surface area contributed by atoms with Crippen LogP contribution >= 0.6 is 0 Å². The van der Waals surface area contributed by atoms with Crippen molar-refractivity contribution in [2.24, 2.45) is 0 Å². The van der Waals surface area contributed by atoms with Crippen molar-refractivity contribution in [2.75, 3.05) is 6.54 Å². The number of carbonyl (C=O) groups excluding carboxylic acids is 1. The molecule has 1 heterocycles. The average molecular weight is 308 g/mol. The highest BCUT2D eigenvalue weighted by Gasteiger charge is 2.28. The third kappa shape index (κ3) is 3.24. The van der Waals surface area contributed by atoms with E-state index < -0.39 is 0 Å². The fourth-order valence-corrected chi connectivity index (χ4v) is 3.06. The van der Waals surface area contributed by atoms with Crippen LogP contribution in [0.15, 0.2) is 48.5 Å². The van der Waals surface area contributed by atoms with Crippen LogP contribution in [0, 0.1) is 17.1 Å². The summed E-state index contributed by atoms with van der Waals surface area (Å²) in [6.45, 7) is 0.695. The molecule has 1 aliphatic rings. The first-order chi connectivity index (χ1) is 11.2. The van der Waals surface area contributed by atoms with E-state index in [9.17, 15) is 9.18 Å². The Kier molecular flexibility index (Phi) is 4.38. The Morgan fingerprint density at radius 2 is 1.78 bits per heavy atom. The van der Waals surface area contributed by atoms with Gasteiger partial charge in [0.05, 0.1) is 17.7 Å². The number of carbonyl (C=O) groups is 1. The van der Waals surface area contributed by atoms with E-state index >= 15 is 0 Å². The van der Waals surface area contributed by atoms with E-state index in [2.05, 4.69) is 6.07 Å². The minimum atomic E-state index is -0.269. The van der Waals surface area contributed by atoms with Gasteiger partial charge in [-0.3, -0.25) is 4.79 Å². The number of benzene rings is 2. The van der Waals surface area contributed by atoms with Gasteiger partial charge in [0.25, 0.3) is 5.91 Å². The monoisotopic (exact) mass is 308 g/mol. The summed E-state index contributed by atoms with van der Waals surface area (Å²) in [4.78, 5) is 14.7. The van der Waals surface area contributed by atoms with E-state index in [0.717, 1.165) is 24.8 Å². The van der Waals surface area contributed by atoms with Crippen LogP contribution in [-0.2, 0) is 0 Å². The van der Waals surface area contributed by atoms with Gasteiger partial charge in [0.15, 0.2) is 0 Å². The topological polar surface area (TPSA) is 44.1 Å².